The average Bonchev–Trinajstić information content (AvgIpc) is 2.44. The van der Waals surface area contributed by atoms with E-state index in [-0.39, 0.29) is 6.79 Å². The van der Waals surface area contributed by atoms with Crippen LogP contribution in [0.3, 0.4) is 0 Å². The van der Waals surface area contributed by atoms with Gasteiger partial charge in [-0.2, -0.15) is 0 Å². The van der Waals surface area contributed by atoms with E-state index in [1.165, 1.54) is 0 Å². The Hall–Kier alpha value is -1.59. The SMILES string of the molecule is C=CCOc1ccc(C=O)cc1OCOCC[Si](C)(C)C. The van der Waals surface area contributed by atoms with Crippen molar-refractivity contribution in [3.05, 3.63) is 36.4 Å². The maximum Gasteiger partial charge on any atom is 0.189 e. The third kappa shape index (κ3) is 7.11. The minimum absolute atomic E-state index is 0.150. The maximum absolute atomic E-state index is 10.8. The highest BCUT2D eigenvalue weighted by molar-refractivity contribution is 6.76. The lowest BCUT2D eigenvalue weighted by molar-refractivity contribution is 0.0203. The second-order valence-corrected chi connectivity index (χ2v) is 11.5. The Morgan fingerprint density at radius 1 is 1.19 bits per heavy atom. The Morgan fingerprint density at radius 3 is 2.57 bits per heavy atom. The van der Waals surface area contributed by atoms with Crippen LogP contribution >= 0.6 is 0 Å². The standard InChI is InChI=1S/C16H24O4Si/c1-5-8-19-15-7-6-14(12-17)11-16(15)20-13-18-9-10-21(2,3)4/h5-7,11-12H,1,8-10,13H2,2-4H3. The molecular weight excluding hydrogens is 284 g/mol. The van der Waals surface area contributed by atoms with Crippen LogP contribution in [-0.4, -0.2) is 34.4 Å². The smallest absolute Gasteiger partial charge is 0.189 e. The molecule has 0 radical (unpaired) electrons. The van der Waals surface area contributed by atoms with Gasteiger partial charge in [-0.05, 0) is 24.2 Å². The Morgan fingerprint density at radius 2 is 1.95 bits per heavy atom. The van der Waals surface area contributed by atoms with Crippen LogP contribution in [0.25, 0.3) is 0 Å². The number of rotatable bonds is 10. The van der Waals surface area contributed by atoms with Crippen LogP contribution in [-0.2, 0) is 4.74 Å². The number of aldehydes is 1. The van der Waals surface area contributed by atoms with Crippen molar-refractivity contribution in [2.45, 2.75) is 25.7 Å². The van der Waals surface area contributed by atoms with Gasteiger partial charge in [0.15, 0.2) is 18.3 Å². The second kappa shape index (κ2) is 8.64. The fourth-order valence-electron chi connectivity index (χ4n) is 1.52. The lowest BCUT2D eigenvalue weighted by Crippen LogP contribution is -2.22. The predicted octanol–water partition coefficient (Wildman–Crippen LogP) is 3.76. The molecule has 0 atom stereocenters. The summed E-state index contributed by atoms with van der Waals surface area (Å²) in [5.74, 6) is 1.09. The van der Waals surface area contributed by atoms with Crippen LogP contribution in [0, 0.1) is 0 Å². The quantitative estimate of drug-likeness (QED) is 0.217. The van der Waals surface area contributed by atoms with Gasteiger partial charge in [0, 0.05) is 20.2 Å². The third-order valence-corrected chi connectivity index (χ3v) is 4.46. The summed E-state index contributed by atoms with van der Waals surface area (Å²) >= 11 is 0. The fourth-order valence-corrected chi connectivity index (χ4v) is 2.28. The van der Waals surface area contributed by atoms with Crippen molar-refractivity contribution in [2.75, 3.05) is 20.0 Å². The molecule has 4 nitrogen and oxygen atoms in total. The van der Waals surface area contributed by atoms with E-state index < -0.39 is 8.07 Å². The van der Waals surface area contributed by atoms with E-state index in [2.05, 4.69) is 26.2 Å². The van der Waals surface area contributed by atoms with Crippen LogP contribution in [0.15, 0.2) is 30.9 Å². The first-order valence-corrected chi connectivity index (χ1v) is 10.7. The normalized spacial score (nSPS) is 11.0. The molecule has 0 saturated carbocycles. The van der Waals surface area contributed by atoms with Gasteiger partial charge in [-0.3, -0.25) is 4.79 Å². The Bertz CT molecular complexity index is 466. The van der Waals surface area contributed by atoms with Gasteiger partial charge in [-0.1, -0.05) is 32.3 Å². The lowest BCUT2D eigenvalue weighted by atomic mass is 10.2. The van der Waals surface area contributed by atoms with E-state index in [1.807, 2.05) is 0 Å². The number of benzene rings is 1. The summed E-state index contributed by atoms with van der Waals surface area (Å²) in [7, 11) is -1.09. The molecule has 1 rings (SSSR count). The molecule has 0 N–H and O–H groups in total. The summed E-state index contributed by atoms with van der Waals surface area (Å²) < 4.78 is 16.6. The number of ether oxygens (including phenoxy) is 3. The molecular formula is C16H24O4Si. The molecule has 0 amide bonds. The van der Waals surface area contributed by atoms with E-state index in [9.17, 15) is 4.79 Å². The van der Waals surface area contributed by atoms with Gasteiger partial charge < -0.3 is 14.2 Å². The van der Waals surface area contributed by atoms with Crippen LogP contribution in [0.5, 0.6) is 11.5 Å². The molecule has 5 heteroatoms. The molecule has 1 aromatic rings. The zero-order chi connectivity index (χ0) is 15.7. The number of hydrogen-bond donors (Lipinski definition) is 0. The zero-order valence-electron chi connectivity index (χ0n) is 13.1. The summed E-state index contributed by atoms with van der Waals surface area (Å²) in [6.07, 6.45) is 2.43. The Labute approximate surface area is 127 Å². The minimum Gasteiger partial charge on any atom is -0.486 e. The number of hydrogen-bond acceptors (Lipinski definition) is 4. The van der Waals surface area contributed by atoms with Crippen molar-refractivity contribution in [3.63, 3.8) is 0 Å². The largest absolute Gasteiger partial charge is 0.486 e. The summed E-state index contributed by atoms with van der Waals surface area (Å²) in [6.45, 7) is 11.7. The molecule has 0 bridgehead atoms. The van der Waals surface area contributed by atoms with E-state index >= 15 is 0 Å². The Balaban J connectivity index is 2.54. The number of carbonyl (C=O) groups is 1. The first kappa shape index (κ1) is 17.5. The molecule has 0 saturated heterocycles. The van der Waals surface area contributed by atoms with E-state index in [1.54, 1.807) is 24.3 Å². The fraction of sp³-hybridized carbons (Fsp3) is 0.438. The van der Waals surface area contributed by atoms with Gasteiger partial charge in [-0.15, -0.1) is 0 Å². The summed E-state index contributed by atoms with van der Waals surface area (Å²) in [6, 6.07) is 6.13. The topological polar surface area (TPSA) is 44.8 Å². The maximum atomic E-state index is 10.8. The van der Waals surface area contributed by atoms with E-state index in [4.69, 9.17) is 14.2 Å². The molecule has 21 heavy (non-hydrogen) atoms. The van der Waals surface area contributed by atoms with Gasteiger partial charge >= 0.3 is 0 Å². The van der Waals surface area contributed by atoms with Crippen LogP contribution in [0.2, 0.25) is 25.7 Å². The highest BCUT2D eigenvalue weighted by atomic mass is 28.3. The van der Waals surface area contributed by atoms with E-state index in [0.29, 0.717) is 30.3 Å². The van der Waals surface area contributed by atoms with Gasteiger partial charge in [0.25, 0.3) is 0 Å². The first-order valence-electron chi connectivity index (χ1n) is 7.00. The van der Waals surface area contributed by atoms with Crippen molar-refractivity contribution in [1.82, 2.24) is 0 Å². The van der Waals surface area contributed by atoms with Gasteiger partial charge in [0.1, 0.15) is 12.9 Å². The van der Waals surface area contributed by atoms with Crippen molar-refractivity contribution in [1.29, 1.82) is 0 Å². The van der Waals surface area contributed by atoms with Crippen LogP contribution < -0.4 is 9.47 Å². The van der Waals surface area contributed by atoms with Crippen molar-refractivity contribution >= 4 is 14.4 Å². The van der Waals surface area contributed by atoms with Crippen molar-refractivity contribution < 1.29 is 19.0 Å². The highest BCUT2D eigenvalue weighted by Gasteiger charge is 2.12. The summed E-state index contributed by atoms with van der Waals surface area (Å²) in [5.41, 5.74) is 0.540. The van der Waals surface area contributed by atoms with Crippen molar-refractivity contribution in [2.24, 2.45) is 0 Å². The van der Waals surface area contributed by atoms with E-state index in [0.717, 1.165) is 12.3 Å². The molecule has 0 unspecified atom stereocenters. The molecule has 1 aromatic carbocycles. The minimum atomic E-state index is -1.09. The van der Waals surface area contributed by atoms with Gasteiger partial charge in [0.2, 0.25) is 0 Å². The van der Waals surface area contributed by atoms with Crippen LogP contribution in [0.1, 0.15) is 10.4 Å². The summed E-state index contributed by atoms with van der Waals surface area (Å²) in [5, 5.41) is 0. The monoisotopic (exact) mass is 308 g/mol. The predicted molar refractivity (Wildman–Crippen MR) is 87.1 cm³/mol. The first-order chi connectivity index (χ1) is 9.96. The zero-order valence-corrected chi connectivity index (χ0v) is 14.1. The molecule has 0 aliphatic carbocycles. The highest BCUT2D eigenvalue weighted by Crippen LogP contribution is 2.28. The molecule has 116 valence electrons. The van der Waals surface area contributed by atoms with Crippen LogP contribution in [0.4, 0.5) is 0 Å². The number of carbonyl (C=O) groups excluding carboxylic acids is 1. The lowest BCUT2D eigenvalue weighted by Gasteiger charge is -2.16. The molecule has 0 spiro atoms. The molecule has 0 fully saturated rings. The second-order valence-electron chi connectivity index (χ2n) is 5.90. The Kier molecular flexibility index (Phi) is 7.18. The molecule has 0 aromatic heterocycles. The third-order valence-electron chi connectivity index (χ3n) is 2.75. The molecule has 0 aliphatic heterocycles. The van der Waals surface area contributed by atoms with Crippen molar-refractivity contribution in [3.8, 4) is 11.5 Å². The van der Waals surface area contributed by atoms with Gasteiger partial charge in [0.05, 0.1) is 0 Å². The molecule has 0 aliphatic rings. The average molecular weight is 308 g/mol. The molecule has 0 heterocycles. The summed E-state index contributed by atoms with van der Waals surface area (Å²) in [4.78, 5) is 10.8. The van der Waals surface area contributed by atoms with Gasteiger partial charge in [-0.25, -0.2) is 0 Å².